The van der Waals surface area contributed by atoms with E-state index in [9.17, 15) is 24.1 Å². The van der Waals surface area contributed by atoms with E-state index in [0.29, 0.717) is 31.6 Å². The number of nitrogens with zero attached hydrogens (tertiary/aromatic N) is 2. The number of nitro benzene ring substituents is 1. The largest absolute Gasteiger partial charge is 0.349 e. The van der Waals surface area contributed by atoms with Crippen molar-refractivity contribution in [3.63, 3.8) is 0 Å². The number of hydrogen-bond donors (Lipinski definition) is 2. The van der Waals surface area contributed by atoms with Gasteiger partial charge in [-0.1, -0.05) is 18.2 Å². The summed E-state index contributed by atoms with van der Waals surface area (Å²) in [7, 11) is 0. The minimum atomic E-state index is -0.795. The zero-order valence-electron chi connectivity index (χ0n) is 15.9. The maximum Gasteiger partial charge on any atom is 0.321 e. The highest BCUT2D eigenvalue weighted by Crippen LogP contribution is 2.23. The molecule has 152 valence electrons. The van der Waals surface area contributed by atoms with Gasteiger partial charge in [0, 0.05) is 36.4 Å². The van der Waals surface area contributed by atoms with Crippen molar-refractivity contribution in [3.05, 3.63) is 69.5 Å². The zero-order chi connectivity index (χ0) is 21.0. The van der Waals surface area contributed by atoms with Crippen LogP contribution < -0.4 is 10.6 Å². The van der Waals surface area contributed by atoms with E-state index in [0.717, 1.165) is 12.1 Å². The molecule has 3 amide bonds. The van der Waals surface area contributed by atoms with Crippen LogP contribution in [-0.2, 0) is 0 Å². The summed E-state index contributed by atoms with van der Waals surface area (Å²) in [5.41, 5.74) is 0.0757. The Labute approximate surface area is 166 Å². The van der Waals surface area contributed by atoms with Crippen LogP contribution in [-0.4, -0.2) is 40.9 Å². The predicted octanol–water partition coefficient (Wildman–Crippen LogP) is 3.47. The zero-order valence-corrected chi connectivity index (χ0v) is 15.9. The van der Waals surface area contributed by atoms with Crippen molar-refractivity contribution in [3.8, 4) is 0 Å². The molecule has 0 unspecified atom stereocenters. The topological polar surface area (TPSA) is 105 Å². The van der Waals surface area contributed by atoms with Gasteiger partial charge in [-0.3, -0.25) is 14.9 Å². The maximum atomic E-state index is 13.9. The molecule has 0 radical (unpaired) electrons. The Hall–Kier alpha value is -3.49. The van der Waals surface area contributed by atoms with Gasteiger partial charge in [-0.05, 0) is 38.0 Å². The molecular formula is C20H21FN4O4. The van der Waals surface area contributed by atoms with Gasteiger partial charge < -0.3 is 15.5 Å². The molecule has 0 aromatic heterocycles. The summed E-state index contributed by atoms with van der Waals surface area (Å²) in [6, 6.07) is 10.8. The molecule has 0 atom stereocenters. The van der Waals surface area contributed by atoms with E-state index >= 15 is 0 Å². The molecule has 2 aromatic carbocycles. The van der Waals surface area contributed by atoms with Gasteiger partial charge in [-0.25, -0.2) is 9.18 Å². The fraction of sp³-hybridized carbons (Fsp3) is 0.300. The third-order valence-corrected chi connectivity index (χ3v) is 4.92. The SMILES string of the molecule is Cc1c(F)cc(C(=O)NC2CCN(C(=O)Nc3ccccc3)CC2)cc1[N+](=O)[O-]. The number of benzene rings is 2. The molecule has 2 N–H and O–H groups in total. The summed E-state index contributed by atoms with van der Waals surface area (Å²) >= 11 is 0. The monoisotopic (exact) mass is 400 g/mol. The summed E-state index contributed by atoms with van der Waals surface area (Å²) in [6.45, 7) is 2.20. The van der Waals surface area contributed by atoms with Gasteiger partial charge in [-0.15, -0.1) is 0 Å². The highest BCUT2D eigenvalue weighted by atomic mass is 19.1. The molecule has 1 heterocycles. The van der Waals surface area contributed by atoms with Gasteiger partial charge in [0.15, 0.2) is 0 Å². The van der Waals surface area contributed by atoms with E-state index in [4.69, 9.17) is 0 Å². The van der Waals surface area contributed by atoms with E-state index in [2.05, 4.69) is 10.6 Å². The molecule has 1 saturated heterocycles. The molecule has 0 bridgehead atoms. The summed E-state index contributed by atoms with van der Waals surface area (Å²) < 4.78 is 13.9. The number of carbonyl (C=O) groups excluding carboxylic acids is 2. The molecule has 29 heavy (non-hydrogen) atoms. The summed E-state index contributed by atoms with van der Waals surface area (Å²) in [6.07, 6.45) is 1.06. The number of nitrogens with one attached hydrogen (secondary N) is 2. The average molecular weight is 400 g/mol. The molecule has 0 spiro atoms. The molecule has 0 saturated carbocycles. The van der Waals surface area contributed by atoms with Crippen molar-refractivity contribution < 1.29 is 18.9 Å². The highest BCUT2D eigenvalue weighted by Gasteiger charge is 2.25. The van der Waals surface area contributed by atoms with Crippen LogP contribution in [0.3, 0.4) is 0 Å². The number of urea groups is 1. The number of rotatable bonds is 4. The number of piperidine rings is 1. The second-order valence-corrected chi connectivity index (χ2v) is 6.89. The summed E-state index contributed by atoms with van der Waals surface area (Å²) in [5.74, 6) is -1.36. The Morgan fingerprint density at radius 1 is 1.17 bits per heavy atom. The number of carbonyl (C=O) groups is 2. The first-order chi connectivity index (χ1) is 13.8. The smallest absolute Gasteiger partial charge is 0.321 e. The molecule has 1 aliphatic rings. The second kappa shape index (κ2) is 8.68. The Morgan fingerprint density at radius 3 is 2.45 bits per heavy atom. The highest BCUT2D eigenvalue weighted by molar-refractivity contribution is 5.95. The number of anilines is 1. The van der Waals surface area contributed by atoms with Crippen molar-refractivity contribution in [1.29, 1.82) is 0 Å². The number of amides is 3. The first kappa shape index (κ1) is 20.2. The molecular weight excluding hydrogens is 379 g/mol. The molecule has 1 aliphatic heterocycles. The van der Waals surface area contributed by atoms with Crippen molar-refractivity contribution in [2.45, 2.75) is 25.8 Å². The normalized spacial score (nSPS) is 14.3. The fourth-order valence-corrected chi connectivity index (χ4v) is 3.20. The van der Waals surface area contributed by atoms with Crippen molar-refractivity contribution >= 4 is 23.3 Å². The van der Waals surface area contributed by atoms with Gasteiger partial charge in [0.2, 0.25) is 0 Å². The molecule has 2 aromatic rings. The number of halogens is 1. The van der Waals surface area contributed by atoms with E-state index in [1.54, 1.807) is 17.0 Å². The predicted molar refractivity (Wildman–Crippen MR) is 105 cm³/mol. The van der Waals surface area contributed by atoms with Crippen LogP contribution >= 0.6 is 0 Å². The fourth-order valence-electron chi connectivity index (χ4n) is 3.20. The summed E-state index contributed by atoms with van der Waals surface area (Å²) in [5, 5.41) is 16.6. The van der Waals surface area contributed by atoms with E-state index in [-0.39, 0.29) is 23.2 Å². The lowest BCUT2D eigenvalue weighted by molar-refractivity contribution is -0.385. The number of para-hydroxylation sites is 1. The lowest BCUT2D eigenvalue weighted by Crippen LogP contribution is -2.47. The minimum absolute atomic E-state index is 0.0935. The Morgan fingerprint density at radius 2 is 1.83 bits per heavy atom. The van der Waals surface area contributed by atoms with Crippen LogP contribution in [0.1, 0.15) is 28.8 Å². The number of likely N-dealkylation sites (tertiary alicyclic amines) is 1. The van der Waals surface area contributed by atoms with E-state index in [1.807, 2.05) is 18.2 Å². The Kier molecular flexibility index (Phi) is 6.06. The van der Waals surface area contributed by atoms with E-state index < -0.39 is 22.3 Å². The van der Waals surface area contributed by atoms with Crippen LogP contribution in [0, 0.1) is 22.9 Å². The maximum absolute atomic E-state index is 13.9. The third kappa shape index (κ3) is 4.87. The third-order valence-electron chi connectivity index (χ3n) is 4.92. The number of hydrogen-bond acceptors (Lipinski definition) is 4. The van der Waals surface area contributed by atoms with Crippen molar-refractivity contribution in [1.82, 2.24) is 10.2 Å². The first-order valence-corrected chi connectivity index (χ1v) is 9.21. The Balaban J connectivity index is 1.56. The van der Waals surface area contributed by atoms with E-state index in [1.165, 1.54) is 6.92 Å². The van der Waals surface area contributed by atoms with Crippen LogP contribution in [0.2, 0.25) is 0 Å². The first-order valence-electron chi connectivity index (χ1n) is 9.21. The number of nitro groups is 1. The van der Waals surface area contributed by atoms with Crippen LogP contribution in [0.5, 0.6) is 0 Å². The molecule has 8 nitrogen and oxygen atoms in total. The van der Waals surface area contributed by atoms with Crippen LogP contribution in [0.15, 0.2) is 42.5 Å². The lowest BCUT2D eigenvalue weighted by atomic mass is 10.0. The van der Waals surface area contributed by atoms with Crippen molar-refractivity contribution in [2.75, 3.05) is 18.4 Å². The molecule has 3 rings (SSSR count). The van der Waals surface area contributed by atoms with Gasteiger partial charge in [0.05, 0.1) is 10.5 Å². The Bertz CT molecular complexity index is 928. The van der Waals surface area contributed by atoms with Crippen LogP contribution in [0.25, 0.3) is 0 Å². The molecule has 9 heteroatoms. The standard InChI is InChI=1S/C20H21FN4O4/c1-13-17(21)11-14(12-18(13)25(28)29)19(26)22-16-7-9-24(10-8-16)20(27)23-15-5-3-2-4-6-15/h2-6,11-12,16H,7-10H2,1H3,(H,22,26)(H,23,27). The van der Waals surface area contributed by atoms with Crippen molar-refractivity contribution in [2.24, 2.45) is 0 Å². The van der Waals surface area contributed by atoms with Gasteiger partial charge in [-0.2, -0.15) is 0 Å². The van der Waals surface area contributed by atoms with Crippen LogP contribution in [0.4, 0.5) is 20.6 Å². The lowest BCUT2D eigenvalue weighted by Gasteiger charge is -2.32. The minimum Gasteiger partial charge on any atom is -0.349 e. The molecule has 0 aliphatic carbocycles. The van der Waals surface area contributed by atoms with Gasteiger partial charge in [0.1, 0.15) is 5.82 Å². The average Bonchev–Trinajstić information content (AvgIpc) is 2.71. The second-order valence-electron chi connectivity index (χ2n) is 6.89. The van der Waals surface area contributed by atoms with Gasteiger partial charge in [0.25, 0.3) is 11.6 Å². The van der Waals surface area contributed by atoms with Gasteiger partial charge >= 0.3 is 6.03 Å². The molecule has 1 fully saturated rings. The summed E-state index contributed by atoms with van der Waals surface area (Å²) in [4.78, 5) is 36.7. The quantitative estimate of drug-likeness (QED) is 0.606.